The van der Waals surface area contributed by atoms with Crippen molar-refractivity contribution in [2.24, 2.45) is 27.9 Å². The monoisotopic (exact) mass is 1130 g/mol. The number of aliphatic carboxylic acids is 1. The number of carboxylic acid groups (broad SMARTS) is 1. The Morgan fingerprint density at radius 2 is 1.20 bits per heavy atom. The highest BCUT2D eigenvalue weighted by Gasteiger charge is 2.35. The van der Waals surface area contributed by atoms with Gasteiger partial charge in [-0.05, 0) is 80.8 Å². The summed E-state index contributed by atoms with van der Waals surface area (Å²) in [4.78, 5) is 149. The number of aromatic amines is 2. The number of nitrogens with one attached hydrogen (secondary N) is 10. The summed E-state index contributed by atoms with van der Waals surface area (Å²) < 4.78 is 0. The standard InChI is InChI=1S/C53H76N16O12/c1-3-4-11-38(63-30(2)70)48(77)66-40(19-20-45(73)74)50(79)69-43(25-33-27-58-29-62-33)52(81)67-41(23-31-15-17-34(71)18-16-31)51(80)65-39(14-9-22-59-53(56)57)49(78)68-42(24-32-26-60-36-12-6-5-10-35(32)36)47(76)61-28-44(72)64-37(46(55)75)13-7-8-21-54/h5-6,10,12,15-18,26-27,29,37-43,60,71H,3-4,7-9,11,13-14,19-25,28,54H2,1-2H3,(H2,55,75)(H,58,62)(H,61,76)(H,63,70)(H,64,72)(H,65,80)(H,66,77)(H,67,81)(H,68,78)(H,69,79)(H,73,74)(H4,56,57,59)/t37-,38-,39-,40-,41+,42-,43-/m0/s1. The molecule has 0 unspecified atom stereocenters. The lowest BCUT2D eigenvalue weighted by Gasteiger charge is -2.28. The first-order chi connectivity index (χ1) is 38.7. The van der Waals surface area contributed by atoms with Crippen molar-refractivity contribution in [1.29, 1.82) is 0 Å². The third-order valence-corrected chi connectivity index (χ3v) is 12.8. The molecule has 2 aromatic carbocycles. The average molecular weight is 1130 g/mol. The van der Waals surface area contributed by atoms with Crippen molar-refractivity contribution in [2.75, 3.05) is 19.6 Å². The van der Waals surface area contributed by atoms with Crippen molar-refractivity contribution in [3.63, 3.8) is 0 Å². The predicted octanol–water partition coefficient (Wildman–Crippen LogP) is -2.12. The molecule has 0 saturated heterocycles. The molecule has 2 aromatic heterocycles. The van der Waals surface area contributed by atoms with E-state index >= 15 is 0 Å². The number of carbonyl (C=O) groups excluding carboxylic acids is 9. The fourth-order valence-corrected chi connectivity index (χ4v) is 8.54. The lowest BCUT2D eigenvalue weighted by molar-refractivity contribution is -0.138. The van der Waals surface area contributed by atoms with Crippen molar-refractivity contribution >= 4 is 76.0 Å². The van der Waals surface area contributed by atoms with Crippen LogP contribution in [0.15, 0.2) is 72.2 Å². The number of hydrogen-bond acceptors (Lipinski definition) is 14. The minimum atomic E-state index is -1.54. The minimum absolute atomic E-state index is 0.00191. The van der Waals surface area contributed by atoms with Gasteiger partial charge in [0.05, 0.1) is 12.9 Å². The molecule has 0 fully saturated rings. The number of aliphatic imine (C=N–C) groups is 1. The lowest BCUT2D eigenvalue weighted by Crippen LogP contribution is -2.60. The molecule has 0 spiro atoms. The number of aromatic nitrogens is 3. The van der Waals surface area contributed by atoms with Crippen molar-refractivity contribution in [1.82, 2.24) is 57.5 Å². The van der Waals surface area contributed by atoms with Crippen LogP contribution in [0.2, 0.25) is 0 Å². The number of amides is 9. The molecule has 2 heterocycles. The second kappa shape index (κ2) is 33.4. The molecule has 4 aromatic rings. The Bertz CT molecular complexity index is 2780. The van der Waals surface area contributed by atoms with E-state index in [0.717, 1.165) is 10.9 Å². The Labute approximate surface area is 467 Å². The van der Waals surface area contributed by atoms with Crippen LogP contribution >= 0.6 is 0 Å². The Balaban J connectivity index is 1.68. The Morgan fingerprint density at radius 1 is 0.630 bits per heavy atom. The van der Waals surface area contributed by atoms with Gasteiger partial charge >= 0.3 is 5.97 Å². The Hall–Kier alpha value is -9.08. The molecule has 0 bridgehead atoms. The normalized spacial score (nSPS) is 13.6. The van der Waals surface area contributed by atoms with E-state index in [9.17, 15) is 58.2 Å². The van der Waals surface area contributed by atoms with Gasteiger partial charge in [-0.1, -0.05) is 50.1 Å². The first-order valence-electron chi connectivity index (χ1n) is 26.6. The maximum absolute atomic E-state index is 14.8. The number of nitrogens with zero attached hydrogens (tertiary/aromatic N) is 2. The van der Waals surface area contributed by atoms with Gasteiger partial charge in [-0.3, -0.25) is 52.9 Å². The molecule has 9 amide bonds. The van der Waals surface area contributed by atoms with Crippen molar-refractivity contribution in [2.45, 2.75) is 140 Å². The number of carbonyl (C=O) groups is 10. The van der Waals surface area contributed by atoms with Crippen LogP contribution < -0.4 is 65.5 Å². The number of carboxylic acids is 1. The van der Waals surface area contributed by atoms with Crippen LogP contribution in [0.5, 0.6) is 5.75 Å². The second-order valence-electron chi connectivity index (χ2n) is 19.3. The first-order valence-corrected chi connectivity index (χ1v) is 26.6. The number of H-pyrrole nitrogens is 2. The lowest BCUT2D eigenvalue weighted by atomic mass is 10.0. The Morgan fingerprint density at radius 3 is 1.78 bits per heavy atom. The molecule has 28 nitrogen and oxygen atoms in total. The zero-order chi connectivity index (χ0) is 59.4. The molecule has 440 valence electrons. The van der Waals surface area contributed by atoms with Gasteiger partial charge in [0.2, 0.25) is 53.2 Å². The van der Waals surface area contributed by atoms with E-state index in [2.05, 4.69) is 62.5 Å². The molecule has 20 N–H and O–H groups in total. The molecule has 0 radical (unpaired) electrons. The minimum Gasteiger partial charge on any atom is -0.508 e. The number of phenols is 1. The number of aromatic hydroxyl groups is 1. The molecule has 0 aliphatic rings. The van der Waals surface area contributed by atoms with Gasteiger partial charge in [0.1, 0.15) is 48.0 Å². The first kappa shape index (κ1) is 64.4. The molecule has 0 aliphatic carbocycles. The average Bonchev–Trinajstić information content (AvgIpc) is 4.16. The number of unbranched alkanes of at least 4 members (excludes halogenated alkanes) is 2. The highest BCUT2D eigenvalue weighted by molar-refractivity contribution is 5.98. The maximum Gasteiger partial charge on any atom is 0.303 e. The molecule has 0 aliphatic heterocycles. The van der Waals surface area contributed by atoms with Gasteiger partial charge in [0, 0.05) is 68.1 Å². The molecule has 28 heteroatoms. The number of benzene rings is 2. The SMILES string of the molecule is CCCC[C@H](NC(C)=O)C(=O)N[C@@H](CCC(=O)O)C(=O)N[C@@H](Cc1cnc[nH]1)C(=O)N[C@H](Cc1ccc(O)cc1)C(=O)N[C@@H](CCCN=C(N)N)C(=O)N[C@@H](Cc1c[nH]c2ccccc12)C(=O)NCC(=O)N[C@@H](CCCCN)C(N)=O. The van der Waals surface area contributed by atoms with Crippen LogP contribution in [0.1, 0.15) is 94.9 Å². The number of rotatable bonds is 36. The van der Waals surface area contributed by atoms with Crippen LogP contribution in [-0.2, 0) is 67.2 Å². The quantitative estimate of drug-likeness (QED) is 0.0132. The highest BCUT2D eigenvalue weighted by atomic mass is 16.4. The summed E-state index contributed by atoms with van der Waals surface area (Å²) in [7, 11) is 0. The maximum atomic E-state index is 14.8. The Kier molecular flexibility index (Phi) is 26.6. The number of primary amides is 1. The third-order valence-electron chi connectivity index (χ3n) is 12.8. The van der Waals surface area contributed by atoms with Gasteiger partial charge in [-0.25, -0.2) is 4.98 Å². The number of imidazole rings is 1. The topological polar surface area (TPSA) is 468 Å². The van der Waals surface area contributed by atoms with Crippen LogP contribution in [0.3, 0.4) is 0 Å². The fraction of sp³-hybridized carbons (Fsp3) is 0.472. The van der Waals surface area contributed by atoms with Crippen LogP contribution in [0.25, 0.3) is 10.9 Å². The smallest absolute Gasteiger partial charge is 0.303 e. The van der Waals surface area contributed by atoms with E-state index in [1.807, 2.05) is 13.0 Å². The third kappa shape index (κ3) is 22.7. The van der Waals surface area contributed by atoms with Crippen LogP contribution in [0.4, 0.5) is 0 Å². The van der Waals surface area contributed by atoms with Crippen LogP contribution in [-0.4, -0.2) is 152 Å². The summed E-state index contributed by atoms with van der Waals surface area (Å²) in [6.07, 6.45) is 5.35. The van der Waals surface area contributed by atoms with Crippen molar-refractivity contribution in [3.05, 3.63) is 84.1 Å². The predicted molar refractivity (Wildman–Crippen MR) is 297 cm³/mol. The zero-order valence-corrected chi connectivity index (χ0v) is 45.4. The summed E-state index contributed by atoms with van der Waals surface area (Å²) >= 11 is 0. The number of hydrogen-bond donors (Lipinski definition) is 16. The molecule has 7 atom stereocenters. The fourth-order valence-electron chi connectivity index (χ4n) is 8.54. The zero-order valence-electron chi connectivity index (χ0n) is 45.4. The van der Waals surface area contributed by atoms with Gasteiger partial charge < -0.3 is 85.6 Å². The molecular weight excluding hydrogens is 1050 g/mol. The summed E-state index contributed by atoms with van der Waals surface area (Å²) in [5.41, 5.74) is 24.3. The number of phenolic OH excluding ortho intramolecular Hbond substituents is 1. The van der Waals surface area contributed by atoms with E-state index in [4.69, 9.17) is 22.9 Å². The van der Waals surface area contributed by atoms with Gasteiger partial charge in [0.25, 0.3) is 0 Å². The summed E-state index contributed by atoms with van der Waals surface area (Å²) in [6, 6.07) is 3.29. The largest absolute Gasteiger partial charge is 0.508 e. The highest BCUT2D eigenvalue weighted by Crippen LogP contribution is 2.20. The van der Waals surface area contributed by atoms with E-state index < -0.39 is 121 Å². The van der Waals surface area contributed by atoms with Gasteiger partial charge in [-0.15, -0.1) is 0 Å². The molecule has 0 saturated carbocycles. The second-order valence-corrected chi connectivity index (χ2v) is 19.3. The summed E-state index contributed by atoms with van der Waals surface area (Å²) in [6.45, 7) is 2.83. The summed E-state index contributed by atoms with van der Waals surface area (Å²) in [5.74, 6) is -9.01. The number of para-hydroxylation sites is 1. The van der Waals surface area contributed by atoms with Crippen LogP contribution in [0, 0.1) is 0 Å². The molecule has 81 heavy (non-hydrogen) atoms. The summed E-state index contributed by atoms with van der Waals surface area (Å²) in [5, 5.41) is 41.2. The van der Waals surface area contributed by atoms with Crippen molar-refractivity contribution in [3.8, 4) is 5.75 Å². The molecule has 4 rings (SSSR count). The molecular formula is C53H76N16O12. The number of fused-ring (bicyclic) bond motifs is 1. The van der Waals surface area contributed by atoms with Gasteiger partial charge in [0.15, 0.2) is 5.96 Å². The van der Waals surface area contributed by atoms with Gasteiger partial charge in [-0.2, -0.15) is 0 Å². The van der Waals surface area contributed by atoms with E-state index in [1.165, 1.54) is 43.7 Å². The van der Waals surface area contributed by atoms with E-state index in [0.29, 0.717) is 49.0 Å². The number of nitrogens with two attached hydrogens (primary N) is 4. The van der Waals surface area contributed by atoms with E-state index in [1.54, 1.807) is 24.4 Å². The number of guanidine groups is 1. The van der Waals surface area contributed by atoms with E-state index in [-0.39, 0.29) is 63.2 Å². The van der Waals surface area contributed by atoms with Crippen molar-refractivity contribution < 1.29 is 58.2 Å².